The van der Waals surface area contributed by atoms with Crippen LogP contribution in [0.3, 0.4) is 0 Å². The predicted octanol–water partition coefficient (Wildman–Crippen LogP) is 0.379. The summed E-state index contributed by atoms with van der Waals surface area (Å²) >= 11 is 0. The predicted molar refractivity (Wildman–Crippen MR) is 65.7 cm³/mol. The SMILES string of the molecule is CCOC(=O)CCCCN1CCO[C@@H](CN)C1. The summed E-state index contributed by atoms with van der Waals surface area (Å²) in [5.74, 6) is -0.0886. The Hall–Kier alpha value is -0.650. The van der Waals surface area contributed by atoms with Crippen molar-refractivity contribution in [3.63, 3.8) is 0 Å². The Morgan fingerprint density at radius 1 is 1.53 bits per heavy atom. The quantitative estimate of drug-likeness (QED) is 0.518. The van der Waals surface area contributed by atoms with Crippen molar-refractivity contribution < 1.29 is 14.3 Å². The third-order valence-corrected chi connectivity index (χ3v) is 2.90. The molecule has 1 fully saturated rings. The minimum atomic E-state index is -0.0886. The van der Waals surface area contributed by atoms with E-state index >= 15 is 0 Å². The summed E-state index contributed by atoms with van der Waals surface area (Å²) in [4.78, 5) is 13.5. The van der Waals surface area contributed by atoms with Gasteiger partial charge < -0.3 is 15.2 Å². The number of carbonyl (C=O) groups is 1. The molecule has 0 aromatic heterocycles. The van der Waals surface area contributed by atoms with Gasteiger partial charge in [-0.25, -0.2) is 0 Å². The molecule has 0 aliphatic carbocycles. The number of ether oxygens (including phenoxy) is 2. The molecule has 1 aliphatic rings. The van der Waals surface area contributed by atoms with Crippen molar-refractivity contribution in [2.45, 2.75) is 32.3 Å². The molecule has 0 unspecified atom stereocenters. The van der Waals surface area contributed by atoms with Crippen molar-refractivity contribution in [2.24, 2.45) is 5.73 Å². The second kappa shape index (κ2) is 8.44. The van der Waals surface area contributed by atoms with E-state index in [1.54, 1.807) is 0 Å². The van der Waals surface area contributed by atoms with Crippen LogP contribution in [0.1, 0.15) is 26.2 Å². The highest BCUT2D eigenvalue weighted by atomic mass is 16.5. The van der Waals surface area contributed by atoms with Gasteiger partial charge in [0.25, 0.3) is 0 Å². The van der Waals surface area contributed by atoms with Crippen LogP contribution >= 0.6 is 0 Å². The van der Waals surface area contributed by atoms with E-state index in [1.807, 2.05) is 6.92 Å². The van der Waals surface area contributed by atoms with E-state index < -0.39 is 0 Å². The molecule has 0 bridgehead atoms. The number of rotatable bonds is 7. The topological polar surface area (TPSA) is 64.8 Å². The van der Waals surface area contributed by atoms with E-state index in [9.17, 15) is 4.79 Å². The summed E-state index contributed by atoms with van der Waals surface area (Å²) in [6.07, 6.45) is 2.62. The van der Waals surface area contributed by atoms with Crippen molar-refractivity contribution in [1.82, 2.24) is 4.90 Å². The third kappa shape index (κ3) is 6.00. The van der Waals surface area contributed by atoms with Gasteiger partial charge in [0.05, 0.1) is 19.3 Å². The van der Waals surface area contributed by atoms with Gasteiger partial charge in [0, 0.05) is 26.1 Å². The smallest absolute Gasteiger partial charge is 0.305 e. The lowest BCUT2D eigenvalue weighted by atomic mass is 10.2. The van der Waals surface area contributed by atoms with E-state index in [0.717, 1.165) is 39.1 Å². The highest BCUT2D eigenvalue weighted by Crippen LogP contribution is 2.06. The van der Waals surface area contributed by atoms with Crippen LogP contribution in [0.4, 0.5) is 0 Å². The minimum Gasteiger partial charge on any atom is -0.466 e. The number of esters is 1. The van der Waals surface area contributed by atoms with Crippen LogP contribution in [-0.4, -0.2) is 56.4 Å². The normalized spacial score (nSPS) is 21.4. The maximum Gasteiger partial charge on any atom is 0.305 e. The molecule has 2 N–H and O–H groups in total. The van der Waals surface area contributed by atoms with E-state index in [2.05, 4.69) is 4.90 Å². The van der Waals surface area contributed by atoms with Gasteiger partial charge in [-0.05, 0) is 26.3 Å². The maximum absolute atomic E-state index is 11.1. The molecular formula is C12H24N2O3. The first-order valence-corrected chi connectivity index (χ1v) is 6.46. The maximum atomic E-state index is 11.1. The third-order valence-electron chi connectivity index (χ3n) is 2.90. The summed E-state index contributed by atoms with van der Waals surface area (Å²) in [6, 6.07) is 0. The lowest BCUT2D eigenvalue weighted by Crippen LogP contribution is -2.45. The van der Waals surface area contributed by atoms with E-state index in [0.29, 0.717) is 19.6 Å². The minimum absolute atomic E-state index is 0.0886. The standard InChI is InChI=1S/C12H24N2O3/c1-2-16-12(15)5-3-4-6-14-7-8-17-11(9-13)10-14/h11H,2-10,13H2,1H3/t11-/m0/s1. The Morgan fingerprint density at radius 2 is 2.35 bits per heavy atom. The molecule has 0 saturated carbocycles. The summed E-state index contributed by atoms with van der Waals surface area (Å²) in [7, 11) is 0. The van der Waals surface area contributed by atoms with Crippen LogP contribution in [0.15, 0.2) is 0 Å². The van der Waals surface area contributed by atoms with Gasteiger partial charge in [-0.1, -0.05) is 0 Å². The number of unbranched alkanes of at least 4 members (excludes halogenated alkanes) is 1. The van der Waals surface area contributed by atoms with Gasteiger partial charge in [0.1, 0.15) is 0 Å². The highest BCUT2D eigenvalue weighted by Gasteiger charge is 2.18. The second-order valence-corrected chi connectivity index (χ2v) is 4.29. The van der Waals surface area contributed by atoms with Gasteiger partial charge in [-0.3, -0.25) is 9.69 Å². The molecule has 17 heavy (non-hydrogen) atoms. The second-order valence-electron chi connectivity index (χ2n) is 4.29. The molecule has 5 nitrogen and oxygen atoms in total. The van der Waals surface area contributed by atoms with Crippen LogP contribution in [0.2, 0.25) is 0 Å². The van der Waals surface area contributed by atoms with Crippen molar-refractivity contribution in [3.05, 3.63) is 0 Å². The highest BCUT2D eigenvalue weighted by molar-refractivity contribution is 5.69. The molecule has 1 saturated heterocycles. The Morgan fingerprint density at radius 3 is 3.06 bits per heavy atom. The van der Waals surface area contributed by atoms with E-state index in [4.69, 9.17) is 15.2 Å². The zero-order valence-corrected chi connectivity index (χ0v) is 10.7. The fourth-order valence-electron chi connectivity index (χ4n) is 1.96. The van der Waals surface area contributed by atoms with Crippen LogP contribution < -0.4 is 5.73 Å². The lowest BCUT2D eigenvalue weighted by molar-refractivity contribution is -0.143. The molecule has 0 aromatic rings. The molecule has 1 rings (SSSR count). The zero-order chi connectivity index (χ0) is 12.5. The molecule has 5 heteroatoms. The fraction of sp³-hybridized carbons (Fsp3) is 0.917. The molecule has 1 aliphatic heterocycles. The summed E-state index contributed by atoms with van der Waals surface area (Å²) in [5, 5.41) is 0. The van der Waals surface area contributed by atoms with Crippen molar-refractivity contribution in [3.8, 4) is 0 Å². The Bertz CT molecular complexity index is 224. The molecular weight excluding hydrogens is 220 g/mol. The number of hydrogen-bond donors (Lipinski definition) is 1. The number of morpholine rings is 1. The average molecular weight is 244 g/mol. The van der Waals surface area contributed by atoms with Gasteiger partial charge in [0.15, 0.2) is 0 Å². The van der Waals surface area contributed by atoms with Crippen LogP contribution in [-0.2, 0) is 14.3 Å². The number of nitrogens with two attached hydrogens (primary N) is 1. The van der Waals surface area contributed by atoms with Crippen molar-refractivity contribution >= 4 is 5.97 Å². The number of hydrogen-bond acceptors (Lipinski definition) is 5. The average Bonchev–Trinajstić information content (AvgIpc) is 2.35. The van der Waals surface area contributed by atoms with Gasteiger partial charge in [-0.2, -0.15) is 0 Å². The van der Waals surface area contributed by atoms with Crippen LogP contribution in [0.25, 0.3) is 0 Å². The summed E-state index contributed by atoms with van der Waals surface area (Å²) in [5.41, 5.74) is 5.58. The van der Waals surface area contributed by atoms with Crippen LogP contribution in [0, 0.1) is 0 Å². The van der Waals surface area contributed by atoms with Gasteiger partial charge in [0.2, 0.25) is 0 Å². The van der Waals surface area contributed by atoms with Gasteiger partial charge >= 0.3 is 5.97 Å². The fourth-order valence-corrected chi connectivity index (χ4v) is 1.96. The Kier molecular flexibility index (Phi) is 7.16. The van der Waals surface area contributed by atoms with Crippen molar-refractivity contribution in [2.75, 3.05) is 39.4 Å². The first-order chi connectivity index (χ1) is 8.26. The van der Waals surface area contributed by atoms with Gasteiger partial charge in [-0.15, -0.1) is 0 Å². The van der Waals surface area contributed by atoms with E-state index in [1.165, 1.54) is 0 Å². The largest absolute Gasteiger partial charge is 0.466 e. The molecule has 0 spiro atoms. The molecule has 0 aromatic carbocycles. The Labute approximate surface area is 103 Å². The Balaban J connectivity index is 2.04. The first-order valence-electron chi connectivity index (χ1n) is 6.46. The monoisotopic (exact) mass is 244 g/mol. The molecule has 0 radical (unpaired) electrons. The zero-order valence-electron chi connectivity index (χ0n) is 10.7. The first kappa shape index (κ1) is 14.4. The molecule has 1 atom stereocenters. The number of nitrogens with zero attached hydrogens (tertiary/aromatic N) is 1. The summed E-state index contributed by atoms with van der Waals surface area (Å²) < 4.78 is 10.4. The van der Waals surface area contributed by atoms with Crippen molar-refractivity contribution in [1.29, 1.82) is 0 Å². The van der Waals surface area contributed by atoms with Crippen LogP contribution in [0.5, 0.6) is 0 Å². The summed E-state index contributed by atoms with van der Waals surface area (Å²) in [6.45, 7) is 6.54. The molecule has 1 heterocycles. The molecule has 100 valence electrons. The van der Waals surface area contributed by atoms with E-state index in [-0.39, 0.29) is 12.1 Å². The lowest BCUT2D eigenvalue weighted by Gasteiger charge is -2.32. The molecule has 0 amide bonds. The number of carbonyl (C=O) groups excluding carboxylic acids is 1.